The second kappa shape index (κ2) is 6.69. The molecule has 4 aliphatic rings. The molecule has 0 atom stereocenters. The molecule has 4 fully saturated rings. The zero-order valence-electron chi connectivity index (χ0n) is 17.8. The Kier molecular flexibility index (Phi) is 4.47. The first-order valence-electron chi connectivity index (χ1n) is 11.2. The summed E-state index contributed by atoms with van der Waals surface area (Å²) in [5.41, 5.74) is 4.32. The lowest BCUT2D eigenvalue weighted by atomic mass is 9.48. The summed E-state index contributed by atoms with van der Waals surface area (Å²) in [5.74, 6) is 2.48. The fourth-order valence-corrected chi connectivity index (χ4v) is 8.62. The molecule has 0 N–H and O–H groups in total. The highest BCUT2D eigenvalue weighted by atomic mass is 32.2. The molecule has 0 unspecified atom stereocenters. The van der Waals surface area contributed by atoms with Gasteiger partial charge >= 0.3 is 0 Å². The Bertz CT molecular complexity index is 998. The topological polar surface area (TPSA) is 52.0 Å². The standard InChI is InChI=1S/C24H32N2O2S/c1-4-5-18-6-8-22(9-7-18)29(27,28)26-17(3)23(16(2)25-26)24-13-19-10-20(14-24)12-21(11-19)15-24/h6-9,19-21H,4-5,10-15H2,1-3H3. The molecule has 2 aromatic rings. The summed E-state index contributed by atoms with van der Waals surface area (Å²) in [6.45, 7) is 6.11. The SMILES string of the molecule is CCCc1ccc(S(=O)(=O)n2nc(C)c(C34CC5CC(CC(C5)C3)C4)c2C)cc1. The van der Waals surface area contributed by atoms with Crippen LogP contribution in [0, 0.1) is 31.6 Å². The molecule has 4 aliphatic carbocycles. The number of hydrogen-bond acceptors (Lipinski definition) is 3. The monoisotopic (exact) mass is 412 g/mol. The van der Waals surface area contributed by atoms with Gasteiger partial charge in [-0.1, -0.05) is 25.5 Å². The summed E-state index contributed by atoms with van der Waals surface area (Å²) in [4.78, 5) is 0.333. The second-order valence-corrected chi connectivity index (χ2v) is 11.8. The van der Waals surface area contributed by atoms with Crippen LogP contribution in [0.5, 0.6) is 0 Å². The molecule has 5 heteroatoms. The van der Waals surface area contributed by atoms with Crippen molar-refractivity contribution >= 4 is 10.0 Å². The Morgan fingerprint density at radius 1 is 1.00 bits per heavy atom. The van der Waals surface area contributed by atoms with E-state index in [4.69, 9.17) is 0 Å². The summed E-state index contributed by atoms with van der Waals surface area (Å²) in [7, 11) is -3.67. The van der Waals surface area contributed by atoms with E-state index < -0.39 is 10.0 Å². The number of rotatable bonds is 5. The zero-order valence-corrected chi connectivity index (χ0v) is 18.6. The van der Waals surface area contributed by atoms with E-state index in [9.17, 15) is 8.42 Å². The molecular formula is C24H32N2O2S. The van der Waals surface area contributed by atoms with Crippen LogP contribution >= 0.6 is 0 Å². The van der Waals surface area contributed by atoms with Crippen molar-refractivity contribution in [2.75, 3.05) is 0 Å². The van der Waals surface area contributed by atoms with Crippen molar-refractivity contribution < 1.29 is 8.42 Å². The van der Waals surface area contributed by atoms with Gasteiger partial charge < -0.3 is 0 Å². The predicted octanol–water partition coefficient (Wildman–Crippen LogP) is 5.16. The molecule has 1 aromatic heterocycles. The van der Waals surface area contributed by atoms with Crippen molar-refractivity contribution in [3.63, 3.8) is 0 Å². The number of benzene rings is 1. The lowest BCUT2D eigenvalue weighted by Gasteiger charge is -2.57. The minimum atomic E-state index is -3.67. The summed E-state index contributed by atoms with van der Waals surface area (Å²) >= 11 is 0. The fourth-order valence-electron chi connectivity index (χ4n) is 7.25. The molecule has 0 saturated heterocycles. The first-order chi connectivity index (χ1) is 13.8. The van der Waals surface area contributed by atoms with Crippen LogP contribution in [0.4, 0.5) is 0 Å². The minimum absolute atomic E-state index is 0.154. The lowest BCUT2D eigenvalue weighted by molar-refractivity contribution is -0.00574. The highest BCUT2D eigenvalue weighted by Gasteiger charge is 2.53. The quantitative estimate of drug-likeness (QED) is 0.682. The molecule has 4 saturated carbocycles. The van der Waals surface area contributed by atoms with Crippen LogP contribution in [0.1, 0.15) is 74.4 Å². The summed E-state index contributed by atoms with van der Waals surface area (Å²) in [6, 6.07) is 7.34. The highest BCUT2D eigenvalue weighted by molar-refractivity contribution is 7.89. The average Bonchev–Trinajstić information content (AvgIpc) is 2.97. The molecule has 29 heavy (non-hydrogen) atoms. The smallest absolute Gasteiger partial charge is 0.199 e. The van der Waals surface area contributed by atoms with E-state index in [2.05, 4.69) is 12.0 Å². The maximum absolute atomic E-state index is 13.4. The van der Waals surface area contributed by atoms with Gasteiger partial charge in [0.2, 0.25) is 0 Å². The Hall–Kier alpha value is -1.62. The predicted molar refractivity (Wildman–Crippen MR) is 115 cm³/mol. The van der Waals surface area contributed by atoms with Gasteiger partial charge in [0.05, 0.1) is 16.3 Å². The molecule has 4 bridgehead atoms. The van der Waals surface area contributed by atoms with Gasteiger partial charge in [-0.2, -0.15) is 17.6 Å². The molecule has 0 aliphatic heterocycles. The molecule has 0 spiro atoms. The average molecular weight is 413 g/mol. The molecule has 0 amide bonds. The third-order valence-corrected chi connectivity index (χ3v) is 9.49. The fraction of sp³-hybridized carbons (Fsp3) is 0.625. The molecule has 156 valence electrons. The van der Waals surface area contributed by atoms with E-state index in [0.29, 0.717) is 4.90 Å². The number of nitrogens with zero attached hydrogens (tertiary/aromatic N) is 2. The number of hydrogen-bond donors (Lipinski definition) is 0. The van der Waals surface area contributed by atoms with Gasteiger partial charge in [-0.05, 0) is 99.7 Å². The number of aryl methyl sites for hydroxylation is 2. The van der Waals surface area contributed by atoms with Gasteiger partial charge in [0.25, 0.3) is 10.0 Å². The summed E-state index contributed by atoms with van der Waals surface area (Å²) in [5, 5.41) is 4.60. The van der Waals surface area contributed by atoms with Crippen LogP contribution in [0.3, 0.4) is 0 Å². The van der Waals surface area contributed by atoms with Crippen LogP contribution < -0.4 is 0 Å². The summed E-state index contributed by atoms with van der Waals surface area (Å²) in [6.07, 6.45) is 9.83. The van der Waals surface area contributed by atoms with E-state index in [1.165, 1.54) is 53.7 Å². The van der Waals surface area contributed by atoms with Gasteiger partial charge in [0.15, 0.2) is 0 Å². The van der Waals surface area contributed by atoms with Crippen LogP contribution in [0.2, 0.25) is 0 Å². The lowest BCUT2D eigenvalue weighted by Crippen LogP contribution is -2.49. The van der Waals surface area contributed by atoms with E-state index in [-0.39, 0.29) is 5.41 Å². The molecule has 1 aromatic carbocycles. The van der Waals surface area contributed by atoms with Gasteiger partial charge in [0.1, 0.15) is 0 Å². The van der Waals surface area contributed by atoms with Crippen molar-refractivity contribution in [3.8, 4) is 0 Å². The van der Waals surface area contributed by atoms with E-state index in [1.54, 1.807) is 12.1 Å². The van der Waals surface area contributed by atoms with E-state index >= 15 is 0 Å². The Morgan fingerprint density at radius 3 is 2.07 bits per heavy atom. The number of aromatic nitrogens is 2. The molecular weight excluding hydrogens is 380 g/mol. The van der Waals surface area contributed by atoms with Crippen LogP contribution in [-0.2, 0) is 21.9 Å². The van der Waals surface area contributed by atoms with Crippen LogP contribution in [0.25, 0.3) is 0 Å². The molecule has 1 heterocycles. The van der Waals surface area contributed by atoms with Crippen LogP contribution in [0.15, 0.2) is 29.2 Å². The van der Waals surface area contributed by atoms with Crippen molar-refractivity contribution in [2.24, 2.45) is 17.8 Å². The van der Waals surface area contributed by atoms with Gasteiger partial charge in [-0.3, -0.25) is 0 Å². The van der Waals surface area contributed by atoms with Gasteiger partial charge in [-0.15, -0.1) is 0 Å². The van der Waals surface area contributed by atoms with E-state index in [0.717, 1.165) is 42.0 Å². The van der Waals surface area contributed by atoms with Crippen LogP contribution in [-0.4, -0.2) is 17.6 Å². The molecule has 0 radical (unpaired) electrons. The summed E-state index contributed by atoms with van der Waals surface area (Å²) < 4.78 is 28.2. The van der Waals surface area contributed by atoms with Crippen molar-refractivity contribution in [1.82, 2.24) is 9.19 Å². The Labute approximate surface area is 174 Å². The maximum atomic E-state index is 13.4. The second-order valence-electron chi connectivity index (χ2n) is 9.99. The van der Waals surface area contributed by atoms with Crippen molar-refractivity contribution in [1.29, 1.82) is 0 Å². The Balaban J connectivity index is 1.55. The maximum Gasteiger partial charge on any atom is 0.283 e. The molecule has 6 rings (SSSR count). The van der Waals surface area contributed by atoms with Crippen molar-refractivity contribution in [2.45, 2.75) is 82.4 Å². The van der Waals surface area contributed by atoms with Gasteiger partial charge in [0, 0.05) is 5.56 Å². The highest BCUT2D eigenvalue weighted by Crippen LogP contribution is 2.61. The first-order valence-corrected chi connectivity index (χ1v) is 12.7. The third kappa shape index (κ3) is 2.99. The zero-order chi connectivity index (χ0) is 20.4. The van der Waals surface area contributed by atoms with Crippen molar-refractivity contribution in [3.05, 3.63) is 46.8 Å². The minimum Gasteiger partial charge on any atom is -0.199 e. The van der Waals surface area contributed by atoms with Gasteiger partial charge in [-0.25, -0.2) is 0 Å². The normalized spacial score (nSPS) is 30.8. The first kappa shape index (κ1) is 19.3. The molecule has 4 nitrogen and oxygen atoms in total. The Morgan fingerprint density at radius 2 is 1.55 bits per heavy atom. The largest absolute Gasteiger partial charge is 0.283 e. The van der Waals surface area contributed by atoms with E-state index in [1.807, 2.05) is 26.0 Å². The third-order valence-electron chi connectivity index (χ3n) is 7.81.